The summed E-state index contributed by atoms with van der Waals surface area (Å²) in [5.74, 6) is 1.81. The minimum atomic E-state index is -0.337. The van der Waals surface area contributed by atoms with Crippen LogP contribution in [0.4, 0.5) is 0 Å². The summed E-state index contributed by atoms with van der Waals surface area (Å²) in [7, 11) is 0. The van der Waals surface area contributed by atoms with Gasteiger partial charge in [0.1, 0.15) is 17.0 Å². The zero-order valence-electron chi connectivity index (χ0n) is 33.8. The maximum absolute atomic E-state index is 12.2. The Hall–Kier alpha value is -3.60. The molecule has 2 aromatic carbocycles. The summed E-state index contributed by atoms with van der Waals surface area (Å²) in [5.41, 5.74) is 8.18. The summed E-state index contributed by atoms with van der Waals surface area (Å²) in [5, 5.41) is 13.6. The van der Waals surface area contributed by atoms with E-state index in [1.54, 1.807) is 0 Å². The second-order valence-corrected chi connectivity index (χ2v) is 16.7. The van der Waals surface area contributed by atoms with E-state index in [1.807, 2.05) is 53.9 Å². The van der Waals surface area contributed by atoms with Crippen molar-refractivity contribution >= 4 is 27.5 Å². The van der Waals surface area contributed by atoms with Crippen molar-refractivity contribution in [1.82, 2.24) is 9.97 Å². The minimum absolute atomic E-state index is 0. The monoisotopic (exact) mass is 892 g/mol. The zero-order chi connectivity index (χ0) is 38.0. The number of fused-ring (bicyclic) bond motifs is 6. The third-order valence-corrected chi connectivity index (χ3v) is 11.7. The van der Waals surface area contributed by atoms with Crippen molar-refractivity contribution in [2.45, 2.75) is 127 Å². The Morgan fingerprint density at radius 3 is 2.17 bits per heavy atom. The number of ketones is 1. The van der Waals surface area contributed by atoms with Crippen LogP contribution in [-0.2, 0) is 49.6 Å². The van der Waals surface area contributed by atoms with Crippen LogP contribution in [0, 0.1) is 22.8 Å². The first-order valence-electron chi connectivity index (χ1n) is 19.4. The molecule has 1 aliphatic rings. The number of aliphatic hydroxyl groups excluding tert-OH is 1. The number of aliphatic hydroxyl groups is 1. The molecule has 0 saturated heterocycles. The molecule has 5 aromatic rings. The first-order valence-corrected chi connectivity index (χ1v) is 19.4. The number of hydrogen-bond donors (Lipinski definition) is 1. The number of aromatic nitrogens is 2. The standard InChI is InChI=1S/C32H31N2O.C15H28O2.Ir/c1-19(2)14-20-15-22-10-11-25-26-12-13-33-29(31(26)35-30(25)28(22)34-18-20)23-16-21-8-6-7-9-24(21)27(17-23)32(3,4)5;1-7-14(5,8-2)12(16)11-13(17)15(6,9-3)10-4;/h6-9,12-13,15,17-19H,10-11,14H2,1-5H3;11,16H,7-10H2,1-6H3;/q-1;;/b;12-11-;. The molecule has 0 unspecified atom stereocenters. The van der Waals surface area contributed by atoms with E-state index < -0.39 is 0 Å². The van der Waals surface area contributed by atoms with Gasteiger partial charge in [-0.1, -0.05) is 111 Å². The molecular formula is C47H59IrN2O3-. The number of rotatable bonds is 10. The van der Waals surface area contributed by atoms with Gasteiger partial charge in [-0.3, -0.25) is 14.8 Å². The van der Waals surface area contributed by atoms with Crippen molar-refractivity contribution < 1.29 is 34.4 Å². The molecule has 3 aromatic heterocycles. The van der Waals surface area contributed by atoms with Crippen LogP contribution in [0.3, 0.4) is 0 Å². The molecule has 5 nitrogen and oxygen atoms in total. The number of benzene rings is 2. The van der Waals surface area contributed by atoms with Crippen LogP contribution in [0.1, 0.15) is 124 Å². The molecule has 0 bridgehead atoms. The summed E-state index contributed by atoms with van der Waals surface area (Å²) < 4.78 is 6.62. The molecule has 0 aliphatic heterocycles. The van der Waals surface area contributed by atoms with Gasteiger partial charge in [-0.25, -0.2) is 0 Å². The number of aryl methyl sites for hydroxylation is 2. The quantitative estimate of drug-likeness (QED) is 0.0859. The molecule has 0 spiro atoms. The maximum atomic E-state index is 12.2. The van der Waals surface area contributed by atoms with Gasteiger partial charge in [0.2, 0.25) is 0 Å². The predicted molar refractivity (Wildman–Crippen MR) is 217 cm³/mol. The Kier molecular flexibility index (Phi) is 13.4. The number of pyridine rings is 2. The van der Waals surface area contributed by atoms with E-state index in [4.69, 9.17) is 14.4 Å². The molecule has 0 amide bonds. The van der Waals surface area contributed by atoms with Crippen molar-refractivity contribution in [3.05, 3.63) is 95.0 Å². The van der Waals surface area contributed by atoms with Crippen molar-refractivity contribution in [2.75, 3.05) is 0 Å². The van der Waals surface area contributed by atoms with Crippen LogP contribution < -0.4 is 0 Å². The van der Waals surface area contributed by atoms with E-state index in [2.05, 4.69) is 83.1 Å². The smallest absolute Gasteiger partial charge is 0.164 e. The van der Waals surface area contributed by atoms with Gasteiger partial charge >= 0.3 is 0 Å². The van der Waals surface area contributed by atoms with E-state index in [0.29, 0.717) is 5.92 Å². The van der Waals surface area contributed by atoms with E-state index >= 15 is 0 Å². The second kappa shape index (κ2) is 16.8. The molecule has 6 heteroatoms. The third kappa shape index (κ3) is 8.71. The number of furan rings is 1. The summed E-state index contributed by atoms with van der Waals surface area (Å²) in [6.45, 7) is 23.4. The predicted octanol–water partition coefficient (Wildman–Crippen LogP) is 12.8. The normalized spacial score (nSPS) is 13.3. The van der Waals surface area contributed by atoms with Crippen LogP contribution in [-0.4, -0.2) is 20.9 Å². The topological polar surface area (TPSA) is 76.2 Å². The van der Waals surface area contributed by atoms with E-state index in [0.717, 1.165) is 84.0 Å². The molecule has 1 aliphatic carbocycles. The molecule has 0 fully saturated rings. The van der Waals surface area contributed by atoms with Gasteiger partial charge in [0.15, 0.2) is 11.5 Å². The fourth-order valence-electron chi connectivity index (χ4n) is 7.17. The average Bonchev–Trinajstić information content (AvgIpc) is 3.52. The van der Waals surface area contributed by atoms with E-state index in [9.17, 15) is 9.90 Å². The van der Waals surface area contributed by atoms with Gasteiger partial charge in [0.05, 0.1) is 0 Å². The molecule has 53 heavy (non-hydrogen) atoms. The number of carbonyl (C=O) groups excluding carboxylic acids is 1. The van der Waals surface area contributed by atoms with Crippen LogP contribution in [0.2, 0.25) is 0 Å². The Morgan fingerprint density at radius 2 is 1.55 bits per heavy atom. The van der Waals surface area contributed by atoms with Gasteiger partial charge in [-0.05, 0) is 73.5 Å². The van der Waals surface area contributed by atoms with Crippen molar-refractivity contribution in [3.8, 4) is 22.7 Å². The molecular weight excluding hydrogens is 833 g/mol. The fourth-order valence-corrected chi connectivity index (χ4v) is 7.17. The molecule has 0 atom stereocenters. The van der Waals surface area contributed by atoms with Crippen LogP contribution in [0.25, 0.3) is 44.5 Å². The number of carbonyl (C=O) groups is 1. The largest absolute Gasteiger partial charge is 0.512 e. The Bertz CT molecular complexity index is 2090. The Morgan fingerprint density at radius 1 is 0.887 bits per heavy atom. The van der Waals surface area contributed by atoms with Crippen LogP contribution in [0.15, 0.2) is 71.1 Å². The number of nitrogens with zero attached hydrogens (tertiary/aromatic N) is 2. The van der Waals surface area contributed by atoms with Crippen molar-refractivity contribution in [3.63, 3.8) is 0 Å². The molecule has 0 saturated carbocycles. The van der Waals surface area contributed by atoms with Gasteiger partial charge in [-0.2, -0.15) is 0 Å². The number of allylic oxidation sites excluding steroid dienone is 2. The van der Waals surface area contributed by atoms with Crippen LogP contribution in [0.5, 0.6) is 0 Å². The first-order chi connectivity index (χ1) is 24.6. The molecule has 285 valence electrons. The summed E-state index contributed by atoms with van der Waals surface area (Å²) in [6.07, 6.45) is 11.7. The first kappa shape index (κ1) is 42.1. The Balaban J connectivity index is 0.000000299. The van der Waals surface area contributed by atoms with Crippen molar-refractivity contribution in [2.24, 2.45) is 16.7 Å². The summed E-state index contributed by atoms with van der Waals surface area (Å²) >= 11 is 0. The van der Waals surface area contributed by atoms with Gasteiger partial charge in [0, 0.05) is 66.0 Å². The Labute approximate surface area is 331 Å². The fraction of sp³-hybridized carbons (Fsp3) is 0.468. The van der Waals surface area contributed by atoms with Crippen molar-refractivity contribution in [1.29, 1.82) is 0 Å². The van der Waals surface area contributed by atoms with Crippen LogP contribution >= 0.6 is 0 Å². The maximum Gasteiger partial charge on any atom is 0.164 e. The number of hydrogen-bond acceptors (Lipinski definition) is 5. The van der Waals surface area contributed by atoms with E-state index in [-0.39, 0.29) is 47.9 Å². The molecule has 3 heterocycles. The van der Waals surface area contributed by atoms with E-state index in [1.165, 1.54) is 33.7 Å². The molecule has 1 radical (unpaired) electrons. The van der Waals surface area contributed by atoms with Gasteiger partial charge < -0.3 is 9.52 Å². The zero-order valence-corrected chi connectivity index (χ0v) is 36.2. The third-order valence-electron chi connectivity index (χ3n) is 11.7. The SMILES string of the molecule is CC(C)Cc1cnc2c(c1)CCc1c-2oc2c(-c3[c-]c4ccccc4c(C(C)(C)C)c3)nccc12.CCC(C)(CC)C(=O)/C=C(\O)C(C)(CC)CC.[Ir]. The van der Waals surface area contributed by atoms with Gasteiger partial charge in [-0.15, -0.1) is 29.1 Å². The average molecular weight is 892 g/mol. The molecule has 1 N–H and O–H groups in total. The molecule has 6 rings (SSSR count). The second-order valence-electron chi connectivity index (χ2n) is 16.7. The summed E-state index contributed by atoms with van der Waals surface area (Å²) in [4.78, 5) is 21.9. The van der Waals surface area contributed by atoms with Gasteiger partial charge in [0.25, 0.3) is 0 Å². The summed E-state index contributed by atoms with van der Waals surface area (Å²) in [6, 6.07) is 18.8. The minimum Gasteiger partial charge on any atom is -0.512 e.